The second-order valence-corrected chi connectivity index (χ2v) is 9.85. The van der Waals surface area contributed by atoms with E-state index < -0.39 is 0 Å². The molecule has 0 radical (unpaired) electrons. The van der Waals surface area contributed by atoms with E-state index in [1.807, 2.05) is 36.5 Å². The van der Waals surface area contributed by atoms with Crippen LogP contribution in [0, 0.1) is 0 Å². The van der Waals surface area contributed by atoms with Crippen molar-refractivity contribution in [2.75, 3.05) is 0 Å². The molecule has 6 heteroatoms. The smallest absolute Gasteiger partial charge is 0.228 e. The van der Waals surface area contributed by atoms with Crippen molar-refractivity contribution in [3.05, 3.63) is 122 Å². The van der Waals surface area contributed by atoms with E-state index in [9.17, 15) is 0 Å². The number of oxazole rings is 1. The van der Waals surface area contributed by atoms with Crippen LogP contribution in [-0.2, 0) is 7.05 Å². The van der Waals surface area contributed by atoms with Gasteiger partial charge in [0, 0.05) is 40.8 Å². The summed E-state index contributed by atoms with van der Waals surface area (Å²) in [7, 11) is 2.07. The highest BCUT2D eigenvalue weighted by atomic mass is 16.3. The van der Waals surface area contributed by atoms with Crippen molar-refractivity contribution >= 4 is 32.8 Å². The highest BCUT2D eigenvalue weighted by Gasteiger charge is 2.20. The van der Waals surface area contributed by atoms with E-state index in [4.69, 9.17) is 9.40 Å². The Bertz CT molecular complexity index is 2170. The highest BCUT2D eigenvalue weighted by Crippen LogP contribution is 2.39. The maximum atomic E-state index is 5.80. The Morgan fingerprint density at radius 2 is 1.57 bits per heavy atom. The molecule has 190 valence electrons. The standard InChI is InChI=1S/C34H23N5O/c1-38-30-14-3-2-13-29(30)37-33(38)23-15-16-25-26-10-7-11-27(34-36-18-19-40-34)32(26)39(31(25)21-23)24-9-6-8-22(20-24)28-12-4-5-17-35-28/h2-21H,1H3. The van der Waals surface area contributed by atoms with Crippen LogP contribution in [0.4, 0.5) is 0 Å². The molecule has 8 rings (SSSR count). The molecule has 4 heterocycles. The van der Waals surface area contributed by atoms with Gasteiger partial charge in [-0.2, -0.15) is 0 Å². The van der Waals surface area contributed by atoms with E-state index in [0.717, 1.165) is 66.7 Å². The van der Waals surface area contributed by atoms with Crippen LogP contribution in [0.3, 0.4) is 0 Å². The summed E-state index contributed by atoms with van der Waals surface area (Å²) in [6.07, 6.45) is 5.13. The first-order valence-corrected chi connectivity index (χ1v) is 13.2. The molecule has 0 saturated heterocycles. The zero-order valence-corrected chi connectivity index (χ0v) is 21.7. The molecular formula is C34H23N5O. The van der Waals surface area contributed by atoms with Gasteiger partial charge in [0.15, 0.2) is 0 Å². The molecule has 0 N–H and O–H groups in total. The topological polar surface area (TPSA) is 61.7 Å². The SMILES string of the molecule is Cn1c(-c2ccc3c4cccc(-c5ncco5)c4n(-c4cccc(-c5ccccn5)c4)c3c2)nc2ccccc21. The zero-order valence-electron chi connectivity index (χ0n) is 21.7. The lowest BCUT2D eigenvalue weighted by Gasteiger charge is -2.12. The van der Waals surface area contributed by atoms with Gasteiger partial charge in [-0.3, -0.25) is 4.98 Å². The predicted octanol–water partition coefficient (Wildman–Crippen LogP) is 8.05. The van der Waals surface area contributed by atoms with Gasteiger partial charge in [-0.05, 0) is 48.5 Å². The molecule has 0 spiro atoms. The van der Waals surface area contributed by atoms with E-state index in [1.54, 1.807) is 12.5 Å². The van der Waals surface area contributed by atoms with Crippen molar-refractivity contribution in [2.45, 2.75) is 0 Å². The summed E-state index contributed by atoms with van der Waals surface area (Å²) >= 11 is 0. The Morgan fingerprint density at radius 3 is 2.42 bits per heavy atom. The Balaban J connectivity index is 1.45. The number of imidazole rings is 1. The van der Waals surface area contributed by atoms with Crippen LogP contribution in [0.1, 0.15) is 0 Å². The quantitative estimate of drug-likeness (QED) is 0.237. The molecule has 0 atom stereocenters. The molecular weight excluding hydrogens is 494 g/mol. The second kappa shape index (κ2) is 8.78. The largest absolute Gasteiger partial charge is 0.444 e. The number of hydrogen-bond acceptors (Lipinski definition) is 4. The molecule has 4 aromatic heterocycles. The second-order valence-electron chi connectivity index (χ2n) is 9.85. The molecule has 0 amide bonds. The third-order valence-corrected chi connectivity index (χ3v) is 7.56. The zero-order chi connectivity index (χ0) is 26.6. The minimum absolute atomic E-state index is 0.589. The van der Waals surface area contributed by atoms with Crippen molar-refractivity contribution < 1.29 is 4.42 Å². The average Bonchev–Trinajstić information content (AvgIpc) is 3.74. The average molecular weight is 518 g/mol. The predicted molar refractivity (Wildman–Crippen MR) is 159 cm³/mol. The minimum atomic E-state index is 0.589. The molecule has 8 aromatic rings. The lowest BCUT2D eigenvalue weighted by atomic mass is 10.1. The Hall–Kier alpha value is -5.49. The van der Waals surface area contributed by atoms with Crippen LogP contribution in [0.2, 0.25) is 0 Å². The number of hydrogen-bond donors (Lipinski definition) is 0. The third kappa shape index (κ3) is 3.39. The molecule has 0 aliphatic rings. The summed E-state index contributed by atoms with van der Waals surface area (Å²) in [6, 6.07) is 35.6. The Kier molecular flexibility index (Phi) is 4.94. The molecule has 0 aliphatic heterocycles. The maximum absolute atomic E-state index is 5.80. The lowest BCUT2D eigenvalue weighted by Crippen LogP contribution is -1.97. The van der Waals surface area contributed by atoms with Crippen LogP contribution in [0.5, 0.6) is 0 Å². The Labute approximate surface area is 229 Å². The van der Waals surface area contributed by atoms with Crippen molar-refractivity contribution in [1.82, 2.24) is 24.1 Å². The molecule has 6 nitrogen and oxygen atoms in total. The first kappa shape index (κ1) is 22.5. The summed E-state index contributed by atoms with van der Waals surface area (Å²) in [6.45, 7) is 0. The molecule has 0 unspecified atom stereocenters. The molecule has 0 fully saturated rings. The molecule has 40 heavy (non-hydrogen) atoms. The number of fused-ring (bicyclic) bond motifs is 4. The molecule has 0 bridgehead atoms. The number of aromatic nitrogens is 5. The van der Waals surface area contributed by atoms with E-state index in [1.165, 1.54) is 0 Å². The van der Waals surface area contributed by atoms with Gasteiger partial charge in [0.1, 0.15) is 12.1 Å². The number of rotatable bonds is 4. The fourth-order valence-corrected chi connectivity index (χ4v) is 5.74. The number of pyridine rings is 1. The fraction of sp³-hybridized carbons (Fsp3) is 0.0294. The van der Waals surface area contributed by atoms with Crippen LogP contribution in [-0.4, -0.2) is 24.1 Å². The van der Waals surface area contributed by atoms with Crippen molar-refractivity contribution in [3.63, 3.8) is 0 Å². The van der Waals surface area contributed by atoms with E-state index in [0.29, 0.717) is 5.89 Å². The van der Waals surface area contributed by atoms with Crippen LogP contribution in [0.15, 0.2) is 126 Å². The molecule has 0 saturated carbocycles. The van der Waals surface area contributed by atoms with E-state index in [-0.39, 0.29) is 0 Å². The lowest BCUT2D eigenvalue weighted by molar-refractivity contribution is 0.575. The maximum Gasteiger partial charge on any atom is 0.228 e. The van der Waals surface area contributed by atoms with Crippen molar-refractivity contribution in [2.24, 2.45) is 7.05 Å². The summed E-state index contributed by atoms with van der Waals surface area (Å²) < 4.78 is 10.3. The van der Waals surface area contributed by atoms with Crippen molar-refractivity contribution in [1.29, 1.82) is 0 Å². The molecule has 4 aromatic carbocycles. The fourth-order valence-electron chi connectivity index (χ4n) is 5.74. The van der Waals surface area contributed by atoms with Gasteiger partial charge in [0.2, 0.25) is 5.89 Å². The number of aryl methyl sites for hydroxylation is 1. The number of nitrogens with zero attached hydrogens (tertiary/aromatic N) is 5. The highest BCUT2D eigenvalue weighted by molar-refractivity contribution is 6.14. The number of benzene rings is 4. The summed E-state index contributed by atoms with van der Waals surface area (Å²) in [5.41, 5.74) is 9.20. The van der Waals surface area contributed by atoms with Gasteiger partial charge < -0.3 is 13.6 Å². The van der Waals surface area contributed by atoms with Crippen LogP contribution < -0.4 is 0 Å². The van der Waals surface area contributed by atoms with Crippen LogP contribution in [0.25, 0.3) is 72.6 Å². The molecule has 0 aliphatic carbocycles. The first-order chi connectivity index (χ1) is 19.8. The third-order valence-electron chi connectivity index (χ3n) is 7.56. The van der Waals surface area contributed by atoms with Gasteiger partial charge in [0.05, 0.1) is 39.5 Å². The summed E-state index contributed by atoms with van der Waals surface area (Å²) in [5, 5.41) is 2.28. The van der Waals surface area contributed by atoms with Gasteiger partial charge >= 0.3 is 0 Å². The van der Waals surface area contributed by atoms with Gasteiger partial charge in [-0.15, -0.1) is 0 Å². The summed E-state index contributed by atoms with van der Waals surface area (Å²) in [4.78, 5) is 14.1. The minimum Gasteiger partial charge on any atom is -0.444 e. The monoisotopic (exact) mass is 517 g/mol. The van der Waals surface area contributed by atoms with Gasteiger partial charge in [-0.25, -0.2) is 9.97 Å². The van der Waals surface area contributed by atoms with Gasteiger partial charge in [0.25, 0.3) is 0 Å². The van der Waals surface area contributed by atoms with Crippen LogP contribution >= 0.6 is 0 Å². The number of para-hydroxylation sites is 3. The Morgan fingerprint density at radius 1 is 0.675 bits per heavy atom. The normalized spacial score (nSPS) is 11.6. The summed E-state index contributed by atoms with van der Waals surface area (Å²) in [5.74, 6) is 1.51. The van der Waals surface area contributed by atoms with E-state index in [2.05, 4.69) is 98.9 Å². The van der Waals surface area contributed by atoms with Gasteiger partial charge in [-0.1, -0.05) is 54.6 Å². The van der Waals surface area contributed by atoms with Crippen molar-refractivity contribution in [3.8, 4) is 39.8 Å². The van der Waals surface area contributed by atoms with E-state index >= 15 is 0 Å². The first-order valence-electron chi connectivity index (χ1n) is 13.2.